The lowest BCUT2D eigenvalue weighted by Crippen LogP contribution is -2.36. The van der Waals surface area contributed by atoms with Crippen LogP contribution < -0.4 is 5.73 Å². The van der Waals surface area contributed by atoms with E-state index in [4.69, 9.17) is 5.73 Å². The number of likely N-dealkylation sites (tertiary alicyclic amines) is 1. The van der Waals surface area contributed by atoms with Crippen LogP contribution in [-0.4, -0.2) is 24.0 Å². The van der Waals surface area contributed by atoms with Gasteiger partial charge in [-0.05, 0) is 56.5 Å². The molecular formula is C14H21FN2. The van der Waals surface area contributed by atoms with Gasteiger partial charge < -0.3 is 5.73 Å². The van der Waals surface area contributed by atoms with Crippen LogP contribution in [0.3, 0.4) is 0 Å². The number of benzene rings is 1. The van der Waals surface area contributed by atoms with Gasteiger partial charge in [-0.2, -0.15) is 0 Å². The van der Waals surface area contributed by atoms with Crippen molar-refractivity contribution in [2.45, 2.75) is 38.8 Å². The molecule has 0 aliphatic carbocycles. The van der Waals surface area contributed by atoms with Crippen LogP contribution in [0.5, 0.6) is 0 Å². The summed E-state index contributed by atoms with van der Waals surface area (Å²) < 4.78 is 13.4. The lowest BCUT2D eigenvalue weighted by molar-refractivity contribution is 0.194. The fraction of sp³-hybridized carbons (Fsp3) is 0.571. The van der Waals surface area contributed by atoms with Gasteiger partial charge in [0.1, 0.15) is 5.82 Å². The van der Waals surface area contributed by atoms with E-state index in [-0.39, 0.29) is 11.9 Å². The number of rotatable bonds is 3. The van der Waals surface area contributed by atoms with E-state index in [0.717, 1.165) is 17.7 Å². The highest BCUT2D eigenvalue weighted by Crippen LogP contribution is 2.30. The molecule has 1 aromatic carbocycles. The highest BCUT2D eigenvalue weighted by atomic mass is 19.1. The summed E-state index contributed by atoms with van der Waals surface area (Å²) in [4.78, 5) is 2.40. The average molecular weight is 236 g/mol. The minimum Gasteiger partial charge on any atom is -0.329 e. The van der Waals surface area contributed by atoms with Crippen LogP contribution in [0.4, 0.5) is 4.39 Å². The Morgan fingerprint density at radius 2 is 2.29 bits per heavy atom. The Hall–Kier alpha value is -0.930. The summed E-state index contributed by atoms with van der Waals surface area (Å²) >= 11 is 0. The number of hydrogen-bond acceptors (Lipinski definition) is 2. The van der Waals surface area contributed by atoms with E-state index >= 15 is 0 Å². The van der Waals surface area contributed by atoms with E-state index in [0.29, 0.717) is 12.6 Å². The summed E-state index contributed by atoms with van der Waals surface area (Å²) in [5, 5.41) is 0. The van der Waals surface area contributed by atoms with Crippen molar-refractivity contribution < 1.29 is 4.39 Å². The third kappa shape index (κ3) is 2.50. The molecule has 2 nitrogen and oxygen atoms in total. The smallest absolute Gasteiger partial charge is 0.123 e. The van der Waals surface area contributed by atoms with Gasteiger partial charge in [0.2, 0.25) is 0 Å². The normalized spacial score (nSPS) is 22.9. The molecule has 0 saturated carbocycles. The summed E-state index contributed by atoms with van der Waals surface area (Å²) in [6.45, 7) is 5.87. The topological polar surface area (TPSA) is 29.3 Å². The summed E-state index contributed by atoms with van der Waals surface area (Å²) in [7, 11) is 0. The second-order valence-electron chi connectivity index (χ2n) is 4.98. The van der Waals surface area contributed by atoms with Crippen molar-refractivity contribution in [3.63, 3.8) is 0 Å². The van der Waals surface area contributed by atoms with Gasteiger partial charge in [-0.15, -0.1) is 0 Å². The van der Waals surface area contributed by atoms with E-state index in [9.17, 15) is 4.39 Å². The molecule has 0 radical (unpaired) electrons. The fourth-order valence-corrected chi connectivity index (χ4v) is 2.83. The van der Waals surface area contributed by atoms with Gasteiger partial charge in [0.25, 0.3) is 0 Å². The Bertz CT molecular complexity index is 392. The third-order valence-corrected chi connectivity index (χ3v) is 3.83. The zero-order chi connectivity index (χ0) is 12.4. The van der Waals surface area contributed by atoms with Crippen molar-refractivity contribution in [3.05, 3.63) is 35.1 Å². The molecule has 2 N–H and O–H groups in total. The van der Waals surface area contributed by atoms with Gasteiger partial charge in [-0.1, -0.05) is 6.07 Å². The van der Waals surface area contributed by atoms with Crippen molar-refractivity contribution in [2.24, 2.45) is 5.73 Å². The van der Waals surface area contributed by atoms with E-state index in [2.05, 4.69) is 11.8 Å². The number of hydrogen-bond donors (Lipinski definition) is 1. The first-order chi connectivity index (χ1) is 8.13. The van der Waals surface area contributed by atoms with E-state index in [1.807, 2.05) is 13.0 Å². The molecule has 3 heteroatoms. The maximum atomic E-state index is 13.4. The Morgan fingerprint density at radius 3 is 2.88 bits per heavy atom. The molecule has 1 heterocycles. The van der Waals surface area contributed by atoms with E-state index in [1.165, 1.54) is 18.9 Å². The van der Waals surface area contributed by atoms with Gasteiger partial charge in [-0.25, -0.2) is 4.39 Å². The third-order valence-electron chi connectivity index (χ3n) is 3.83. The van der Waals surface area contributed by atoms with Crippen LogP contribution in [-0.2, 0) is 0 Å². The molecule has 1 saturated heterocycles. The van der Waals surface area contributed by atoms with Gasteiger partial charge >= 0.3 is 0 Å². The lowest BCUT2D eigenvalue weighted by atomic mass is 9.99. The second-order valence-corrected chi connectivity index (χ2v) is 4.98. The standard InChI is InChI=1S/C14H21FN2/c1-10-5-6-12(15)8-13(10)14(9-16)17-7-3-4-11(17)2/h5-6,8,11,14H,3-4,7,9,16H2,1-2H3. The van der Waals surface area contributed by atoms with Crippen molar-refractivity contribution in [3.8, 4) is 0 Å². The van der Waals surface area contributed by atoms with Gasteiger partial charge in [0.05, 0.1) is 0 Å². The second kappa shape index (κ2) is 5.15. The summed E-state index contributed by atoms with van der Waals surface area (Å²) in [5.74, 6) is -0.170. The minimum atomic E-state index is -0.170. The largest absolute Gasteiger partial charge is 0.329 e. The quantitative estimate of drug-likeness (QED) is 0.874. The number of nitrogens with zero attached hydrogens (tertiary/aromatic N) is 1. The van der Waals surface area contributed by atoms with Crippen molar-refractivity contribution in [1.82, 2.24) is 4.90 Å². The Balaban J connectivity index is 2.31. The molecule has 1 aliphatic rings. The number of halogens is 1. The highest BCUT2D eigenvalue weighted by molar-refractivity contribution is 5.30. The van der Waals surface area contributed by atoms with E-state index < -0.39 is 0 Å². The zero-order valence-corrected chi connectivity index (χ0v) is 10.6. The Kier molecular flexibility index (Phi) is 3.79. The first kappa shape index (κ1) is 12.5. The Morgan fingerprint density at radius 1 is 1.53 bits per heavy atom. The summed E-state index contributed by atoms with van der Waals surface area (Å²) in [5.41, 5.74) is 8.07. The van der Waals surface area contributed by atoms with Crippen LogP contribution in [0.15, 0.2) is 18.2 Å². The predicted molar refractivity (Wildman–Crippen MR) is 68.3 cm³/mol. The van der Waals surface area contributed by atoms with Crippen LogP contribution in [0.25, 0.3) is 0 Å². The minimum absolute atomic E-state index is 0.156. The van der Waals surface area contributed by atoms with Crippen molar-refractivity contribution >= 4 is 0 Å². The van der Waals surface area contributed by atoms with Crippen LogP contribution in [0.1, 0.15) is 36.9 Å². The average Bonchev–Trinajstić information content (AvgIpc) is 2.71. The molecule has 17 heavy (non-hydrogen) atoms. The molecule has 0 spiro atoms. The Labute approximate surface area is 103 Å². The highest BCUT2D eigenvalue weighted by Gasteiger charge is 2.28. The molecule has 2 unspecified atom stereocenters. The molecule has 2 atom stereocenters. The maximum Gasteiger partial charge on any atom is 0.123 e. The number of aryl methyl sites for hydroxylation is 1. The summed E-state index contributed by atoms with van der Waals surface area (Å²) in [6, 6.07) is 5.70. The monoisotopic (exact) mass is 236 g/mol. The molecule has 94 valence electrons. The van der Waals surface area contributed by atoms with E-state index in [1.54, 1.807) is 6.07 Å². The number of nitrogens with two attached hydrogens (primary N) is 1. The molecular weight excluding hydrogens is 215 g/mol. The molecule has 1 aromatic rings. The summed E-state index contributed by atoms with van der Waals surface area (Å²) in [6.07, 6.45) is 2.43. The fourth-order valence-electron chi connectivity index (χ4n) is 2.83. The first-order valence-corrected chi connectivity index (χ1v) is 6.35. The molecule has 0 aromatic heterocycles. The molecule has 0 bridgehead atoms. The van der Waals surface area contributed by atoms with Gasteiger partial charge in [0, 0.05) is 18.6 Å². The lowest BCUT2D eigenvalue weighted by Gasteiger charge is -2.31. The zero-order valence-electron chi connectivity index (χ0n) is 10.6. The molecule has 1 aliphatic heterocycles. The van der Waals surface area contributed by atoms with Crippen LogP contribution in [0.2, 0.25) is 0 Å². The SMILES string of the molecule is Cc1ccc(F)cc1C(CN)N1CCCC1C. The first-order valence-electron chi connectivity index (χ1n) is 6.35. The van der Waals surface area contributed by atoms with Gasteiger partial charge in [-0.3, -0.25) is 4.90 Å². The molecule has 2 rings (SSSR count). The van der Waals surface area contributed by atoms with Gasteiger partial charge in [0.15, 0.2) is 0 Å². The molecule has 1 fully saturated rings. The maximum absolute atomic E-state index is 13.4. The van der Waals surface area contributed by atoms with Crippen LogP contribution >= 0.6 is 0 Å². The predicted octanol–water partition coefficient (Wildman–Crippen LogP) is 2.62. The van der Waals surface area contributed by atoms with Crippen molar-refractivity contribution in [1.29, 1.82) is 0 Å². The van der Waals surface area contributed by atoms with Crippen molar-refractivity contribution in [2.75, 3.05) is 13.1 Å². The molecule has 0 amide bonds. The van der Waals surface area contributed by atoms with Crippen LogP contribution in [0, 0.1) is 12.7 Å².